The number of rotatable bonds is 3. The van der Waals surface area contributed by atoms with Gasteiger partial charge in [0.05, 0.1) is 11.5 Å². The first-order chi connectivity index (χ1) is 12.4. The largest absolute Gasteiger partial charge is 0.465 e. The summed E-state index contributed by atoms with van der Waals surface area (Å²) >= 11 is 0. The molecule has 5 heteroatoms. The van der Waals surface area contributed by atoms with E-state index in [9.17, 15) is 19.8 Å². The summed E-state index contributed by atoms with van der Waals surface area (Å²) in [6.45, 7) is 11.3. The number of allylic oxidation sites excluding steroid dienone is 2. The van der Waals surface area contributed by atoms with Crippen LogP contribution in [0.1, 0.15) is 59.8 Å². The van der Waals surface area contributed by atoms with Gasteiger partial charge in [-0.2, -0.15) is 0 Å². The molecule has 3 rings (SSSR count). The Kier molecular flexibility index (Phi) is 4.72. The van der Waals surface area contributed by atoms with E-state index in [0.717, 1.165) is 6.42 Å². The summed E-state index contributed by atoms with van der Waals surface area (Å²) in [5.41, 5.74) is -2.86. The highest BCUT2D eigenvalue weighted by Gasteiger charge is 2.70. The fourth-order valence-electron chi connectivity index (χ4n) is 5.79. The molecule has 3 aliphatic rings. The van der Waals surface area contributed by atoms with Gasteiger partial charge in [0.15, 0.2) is 5.78 Å². The van der Waals surface area contributed by atoms with Crippen LogP contribution in [0, 0.1) is 22.2 Å². The predicted octanol–water partition coefficient (Wildman–Crippen LogP) is 2.95. The quantitative estimate of drug-likeness (QED) is 0.584. The lowest BCUT2D eigenvalue weighted by Crippen LogP contribution is -2.71. The molecule has 0 radical (unpaired) electrons. The van der Waals surface area contributed by atoms with Crippen LogP contribution in [0.15, 0.2) is 24.3 Å². The van der Waals surface area contributed by atoms with Gasteiger partial charge in [-0.3, -0.25) is 9.59 Å². The number of ether oxygens (including phenoxy) is 1. The van der Waals surface area contributed by atoms with Crippen molar-refractivity contribution in [3.8, 4) is 0 Å². The average molecular weight is 376 g/mol. The Labute approximate surface area is 161 Å². The maximum atomic E-state index is 13.1. The van der Waals surface area contributed by atoms with E-state index in [1.54, 1.807) is 6.08 Å². The molecule has 5 nitrogen and oxygen atoms in total. The number of Topliss-reactive ketones (excluding diaryl/α,β-unsaturated/α-hetero) is 1. The number of hydrogen-bond donors (Lipinski definition) is 2. The van der Waals surface area contributed by atoms with Gasteiger partial charge in [0.2, 0.25) is 0 Å². The van der Waals surface area contributed by atoms with Gasteiger partial charge >= 0.3 is 5.97 Å². The standard InChI is InChI=1S/C22H32O5/c1-6-20(5)9-10-22(26)15(12-20)16(24)11-17-19(3,4)8-7-18(25)21(17,22)13-27-14(2)23/h6,12,17-18,25-26H,1,7-11,13H2,2-5H3/t17-,18+,20-,21+,22+/m0/s1. The van der Waals surface area contributed by atoms with E-state index >= 15 is 0 Å². The Morgan fingerprint density at radius 3 is 2.59 bits per heavy atom. The van der Waals surface area contributed by atoms with E-state index in [4.69, 9.17) is 4.74 Å². The molecule has 0 aromatic heterocycles. The number of aliphatic hydroxyl groups is 2. The Morgan fingerprint density at radius 2 is 2.00 bits per heavy atom. The van der Waals surface area contributed by atoms with Crippen LogP contribution < -0.4 is 0 Å². The highest BCUT2D eigenvalue weighted by atomic mass is 16.5. The highest BCUT2D eigenvalue weighted by molar-refractivity contribution is 5.99. The van der Waals surface area contributed by atoms with Crippen molar-refractivity contribution in [3.63, 3.8) is 0 Å². The monoisotopic (exact) mass is 376 g/mol. The third-order valence-corrected chi connectivity index (χ3v) is 7.61. The molecule has 5 atom stereocenters. The van der Waals surface area contributed by atoms with Crippen LogP contribution in [-0.4, -0.2) is 40.3 Å². The maximum Gasteiger partial charge on any atom is 0.302 e. The number of carbonyl (C=O) groups is 2. The predicted molar refractivity (Wildman–Crippen MR) is 102 cm³/mol. The first-order valence-corrected chi connectivity index (χ1v) is 9.86. The molecule has 3 aliphatic carbocycles. The van der Waals surface area contributed by atoms with E-state index in [1.807, 2.05) is 13.0 Å². The molecule has 2 N–H and O–H groups in total. The molecule has 150 valence electrons. The summed E-state index contributed by atoms with van der Waals surface area (Å²) in [6, 6.07) is 0. The minimum absolute atomic E-state index is 0.0732. The summed E-state index contributed by atoms with van der Waals surface area (Å²) in [5, 5.41) is 23.1. The minimum atomic E-state index is -1.51. The van der Waals surface area contributed by atoms with Crippen molar-refractivity contribution in [2.75, 3.05) is 6.61 Å². The van der Waals surface area contributed by atoms with Crippen LogP contribution in [0.3, 0.4) is 0 Å². The summed E-state index contributed by atoms with van der Waals surface area (Å²) in [6.07, 6.45) is 5.24. The molecular weight excluding hydrogens is 344 g/mol. The van der Waals surface area contributed by atoms with E-state index in [-0.39, 0.29) is 35.6 Å². The third-order valence-electron chi connectivity index (χ3n) is 7.61. The van der Waals surface area contributed by atoms with Gasteiger partial charge in [0.1, 0.15) is 12.2 Å². The number of esters is 1. The highest BCUT2D eigenvalue weighted by Crippen LogP contribution is 2.65. The summed E-state index contributed by atoms with van der Waals surface area (Å²) < 4.78 is 5.42. The molecule has 0 saturated heterocycles. The van der Waals surface area contributed by atoms with E-state index in [2.05, 4.69) is 20.4 Å². The van der Waals surface area contributed by atoms with Gasteiger partial charge < -0.3 is 14.9 Å². The van der Waals surface area contributed by atoms with Crippen LogP contribution in [0.5, 0.6) is 0 Å². The van der Waals surface area contributed by atoms with Crippen LogP contribution in [0.25, 0.3) is 0 Å². The smallest absolute Gasteiger partial charge is 0.302 e. The van der Waals surface area contributed by atoms with Gasteiger partial charge in [-0.1, -0.05) is 32.9 Å². The zero-order chi connectivity index (χ0) is 20.3. The summed E-state index contributed by atoms with van der Waals surface area (Å²) in [7, 11) is 0. The molecule has 0 aromatic rings. The van der Waals surface area contributed by atoms with E-state index < -0.39 is 23.1 Å². The SMILES string of the molecule is C=C[C@]1(C)C=C2C(=O)C[C@H]3C(C)(C)CC[C@@H](O)[C@]3(COC(C)=O)[C@@]2(O)CC1. The Morgan fingerprint density at radius 1 is 1.33 bits per heavy atom. The van der Waals surface area contributed by atoms with Crippen molar-refractivity contribution in [2.45, 2.75) is 71.5 Å². The molecular formula is C22H32O5. The number of ketones is 1. The second kappa shape index (κ2) is 6.28. The summed E-state index contributed by atoms with van der Waals surface area (Å²) in [5.74, 6) is -0.789. The molecule has 0 spiro atoms. The zero-order valence-corrected chi connectivity index (χ0v) is 16.9. The lowest BCUT2D eigenvalue weighted by Gasteiger charge is -2.64. The van der Waals surface area contributed by atoms with Crippen molar-refractivity contribution in [2.24, 2.45) is 22.2 Å². The lowest BCUT2D eigenvalue weighted by molar-refractivity contribution is -0.239. The first-order valence-electron chi connectivity index (χ1n) is 9.86. The lowest BCUT2D eigenvalue weighted by atomic mass is 9.42. The average Bonchev–Trinajstić information content (AvgIpc) is 2.59. The van der Waals surface area contributed by atoms with Crippen molar-refractivity contribution in [3.05, 3.63) is 24.3 Å². The Bertz CT molecular complexity index is 707. The van der Waals surface area contributed by atoms with Gasteiger partial charge in [-0.15, -0.1) is 6.58 Å². The Balaban J connectivity index is 2.22. The van der Waals surface area contributed by atoms with Crippen molar-refractivity contribution < 1.29 is 24.5 Å². The van der Waals surface area contributed by atoms with Crippen molar-refractivity contribution in [1.82, 2.24) is 0 Å². The molecule has 0 unspecified atom stereocenters. The fourth-order valence-corrected chi connectivity index (χ4v) is 5.79. The summed E-state index contributed by atoms with van der Waals surface area (Å²) in [4.78, 5) is 24.7. The van der Waals surface area contributed by atoms with Crippen LogP contribution in [0.4, 0.5) is 0 Å². The van der Waals surface area contributed by atoms with Gasteiger partial charge in [0, 0.05) is 24.3 Å². The van der Waals surface area contributed by atoms with Gasteiger partial charge in [-0.05, 0) is 37.0 Å². The molecule has 0 bridgehead atoms. The van der Waals surface area contributed by atoms with Crippen LogP contribution >= 0.6 is 0 Å². The first kappa shape index (κ1) is 20.3. The zero-order valence-electron chi connectivity index (χ0n) is 16.9. The number of aliphatic hydroxyl groups excluding tert-OH is 1. The molecule has 2 fully saturated rings. The molecule has 27 heavy (non-hydrogen) atoms. The van der Waals surface area contributed by atoms with E-state index in [0.29, 0.717) is 24.8 Å². The second-order valence-corrected chi connectivity index (χ2v) is 9.67. The van der Waals surface area contributed by atoms with Crippen LogP contribution in [0.2, 0.25) is 0 Å². The van der Waals surface area contributed by atoms with Gasteiger partial charge in [-0.25, -0.2) is 0 Å². The van der Waals surface area contributed by atoms with Crippen molar-refractivity contribution in [1.29, 1.82) is 0 Å². The maximum absolute atomic E-state index is 13.1. The molecule has 0 aliphatic heterocycles. The van der Waals surface area contributed by atoms with Gasteiger partial charge in [0.25, 0.3) is 0 Å². The molecule has 0 heterocycles. The normalized spacial score (nSPS) is 43.2. The topological polar surface area (TPSA) is 83.8 Å². The second-order valence-electron chi connectivity index (χ2n) is 9.67. The number of carbonyl (C=O) groups excluding carboxylic acids is 2. The fraction of sp³-hybridized carbons (Fsp3) is 0.727. The Hall–Kier alpha value is -1.46. The molecule has 0 aromatic carbocycles. The number of hydrogen-bond acceptors (Lipinski definition) is 5. The molecule has 2 saturated carbocycles. The molecule has 0 amide bonds. The third kappa shape index (κ3) is 2.82. The number of fused-ring (bicyclic) bond motifs is 3. The van der Waals surface area contributed by atoms with Crippen molar-refractivity contribution >= 4 is 11.8 Å². The van der Waals surface area contributed by atoms with Crippen LogP contribution in [-0.2, 0) is 14.3 Å². The van der Waals surface area contributed by atoms with E-state index in [1.165, 1.54) is 6.92 Å². The minimum Gasteiger partial charge on any atom is -0.465 e.